The Bertz CT molecular complexity index is 998. The van der Waals surface area contributed by atoms with Gasteiger partial charge in [0.15, 0.2) is 9.84 Å². The van der Waals surface area contributed by atoms with Crippen LogP contribution in [0.3, 0.4) is 0 Å². The number of benzene rings is 2. The van der Waals surface area contributed by atoms with Gasteiger partial charge in [0.25, 0.3) is 5.91 Å². The summed E-state index contributed by atoms with van der Waals surface area (Å²) >= 11 is 0. The minimum Gasteiger partial charge on any atom is -0.348 e. The van der Waals surface area contributed by atoms with E-state index >= 15 is 0 Å². The van der Waals surface area contributed by atoms with Crippen LogP contribution in [0.2, 0.25) is 0 Å². The highest BCUT2D eigenvalue weighted by Gasteiger charge is 2.20. The summed E-state index contributed by atoms with van der Waals surface area (Å²) in [6.45, 7) is 4.99. The maximum Gasteiger partial charge on any atom is 0.251 e. The van der Waals surface area contributed by atoms with Gasteiger partial charge in [-0.3, -0.25) is 9.59 Å². The monoisotopic (exact) mass is 414 g/mol. The Morgan fingerprint density at radius 3 is 2.41 bits per heavy atom. The van der Waals surface area contributed by atoms with Gasteiger partial charge in [-0.25, -0.2) is 8.42 Å². The predicted molar refractivity (Wildman–Crippen MR) is 111 cm³/mol. The van der Waals surface area contributed by atoms with Gasteiger partial charge >= 0.3 is 0 Å². The van der Waals surface area contributed by atoms with Crippen LogP contribution < -0.4 is 5.32 Å². The molecule has 2 aromatic rings. The largest absolute Gasteiger partial charge is 0.348 e. The van der Waals surface area contributed by atoms with Crippen molar-refractivity contribution in [1.29, 1.82) is 0 Å². The molecule has 0 aliphatic carbocycles. The molecule has 0 saturated carbocycles. The van der Waals surface area contributed by atoms with Crippen molar-refractivity contribution in [3.05, 3.63) is 65.2 Å². The molecule has 0 aromatic heterocycles. The molecule has 2 aromatic carbocycles. The standard InChI is InChI=1S/C22H26N2O4S/c1-16(2)29(27,28)20-10-8-19(9-11-20)22(26)23-14-17-5-3-6-18(13-17)15-24-12-4-7-21(24)25/h3,5-6,8-11,13,16H,4,7,12,14-15H2,1-2H3,(H,23,26). The summed E-state index contributed by atoms with van der Waals surface area (Å²) in [6, 6.07) is 13.8. The minimum atomic E-state index is -3.35. The summed E-state index contributed by atoms with van der Waals surface area (Å²) in [6.07, 6.45) is 1.53. The molecule has 1 heterocycles. The Hall–Kier alpha value is -2.67. The second-order valence-corrected chi connectivity index (χ2v) is 10.0. The lowest BCUT2D eigenvalue weighted by atomic mass is 10.1. The average Bonchev–Trinajstić information content (AvgIpc) is 3.11. The number of hydrogen-bond donors (Lipinski definition) is 1. The molecule has 0 radical (unpaired) electrons. The molecule has 1 aliphatic heterocycles. The van der Waals surface area contributed by atoms with E-state index in [-0.39, 0.29) is 16.7 Å². The average molecular weight is 415 g/mol. The number of likely N-dealkylation sites (tertiary alicyclic amines) is 1. The Labute approximate surface area is 171 Å². The number of carbonyl (C=O) groups is 2. The zero-order valence-corrected chi connectivity index (χ0v) is 17.5. The Balaban J connectivity index is 1.60. The highest BCUT2D eigenvalue weighted by molar-refractivity contribution is 7.92. The normalized spacial score (nSPS) is 14.4. The van der Waals surface area contributed by atoms with E-state index in [9.17, 15) is 18.0 Å². The summed E-state index contributed by atoms with van der Waals surface area (Å²) in [4.78, 5) is 26.3. The number of sulfone groups is 1. The Kier molecular flexibility index (Phi) is 6.37. The number of nitrogens with zero attached hydrogens (tertiary/aromatic N) is 1. The zero-order valence-electron chi connectivity index (χ0n) is 16.7. The lowest BCUT2D eigenvalue weighted by Gasteiger charge is -2.16. The third-order valence-corrected chi connectivity index (χ3v) is 7.23. The lowest BCUT2D eigenvalue weighted by Crippen LogP contribution is -2.24. The molecule has 0 bridgehead atoms. The number of hydrogen-bond acceptors (Lipinski definition) is 4. The van der Waals surface area contributed by atoms with Gasteiger partial charge in [-0.2, -0.15) is 0 Å². The first-order chi connectivity index (χ1) is 13.8. The first-order valence-corrected chi connectivity index (χ1v) is 11.3. The van der Waals surface area contributed by atoms with Gasteiger partial charge < -0.3 is 10.2 Å². The van der Waals surface area contributed by atoms with E-state index in [4.69, 9.17) is 0 Å². The van der Waals surface area contributed by atoms with E-state index in [1.165, 1.54) is 24.3 Å². The van der Waals surface area contributed by atoms with Crippen LogP contribution in [0.15, 0.2) is 53.4 Å². The molecule has 1 aliphatic rings. The van der Waals surface area contributed by atoms with E-state index in [1.54, 1.807) is 13.8 Å². The first-order valence-electron chi connectivity index (χ1n) is 9.75. The van der Waals surface area contributed by atoms with Crippen molar-refractivity contribution in [2.45, 2.75) is 49.9 Å². The van der Waals surface area contributed by atoms with Crippen molar-refractivity contribution in [3.63, 3.8) is 0 Å². The molecular weight excluding hydrogens is 388 g/mol. The summed E-state index contributed by atoms with van der Waals surface area (Å²) in [5, 5.41) is 2.35. The number of carbonyl (C=O) groups excluding carboxylic acids is 2. The second-order valence-electron chi connectivity index (χ2n) is 7.54. The van der Waals surface area contributed by atoms with E-state index in [0.717, 1.165) is 24.1 Å². The van der Waals surface area contributed by atoms with Crippen molar-refractivity contribution >= 4 is 21.7 Å². The highest BCUT2D eigenvalue weighted by Crippen LogP contribution is 2.17. The van der Waals surface area contributed by atoms with Crippen LogP contribution in [0.25, 0.3) is 0 Å². The van der Waals surface area contributed by atoms with E-state index < -0.39 is 15.1 Å². The van der Waals surface area contributed by atoms with Gasteiger partial charge in [0.2, 0.25) is 5.91 Å². The first kappa shape index (κ1) is 21.0. The highest BCUT2D eigenvalue weighted by atomic mass is 32.2. The van der Waals surface area contributed by atoms with Crippen LogP contribution in [0.5, 0.6) is 0 Å². The fourth-order valence-corrected chi connectivity index (χ4v) is 4.34. The van der Waals surface area contributed by atoms with Crippen molar-refractivity contribution in [1.82, 2.24) is 10.2 Å². The van der Waals surface area contributed by atoms with Crippen molar-refractivity contribution in [3.8, 4) is 0 Å². The summed E-state index contributed by atoms with van der Waals surface area (Å²) in [5.74, 6) is -0.0785. The molecule has 2 amide bonds. The van der Waals surface area contributed by atoms with Gasteiger partial charge in [0.1, 0.15) is 0 Å². The molecular formula is C22H26N2O4S. The molecule has 0 unspecified atom stereocenters. The lowest BCUT2D eigenvalue weighted by molar-refractivity contribution is -0.128. The molecule has 6 nitrogen and oxygen atoms in total. The van der Waals surface area contributed by atoms with E-state index in [0.29, 0.717) is 25.1 Å². The molecule has 1 saturated heterocycles. The van der Waals surface area contributed by atoms with Crippen molar-refractivity contribution < 1.29 is 18.0 Å². The number of rotatable bonds is 7. The van der Waals surface area contributed by atoms with Crippen LogP contribution in [-0.4, -0.2) is 36.9 Å². The maximum atomic E-state index is 12.4. The molecule has 1 N–H and O–H groups in total. The summed E-state index contributed by atoms with van der Waals surface area (Å²) < 4.78 is 24.3. The molecule has 0 atom stereocenters. The summed E-state index contributed by atoms with van der Waals surface area (Å²) in [5.41, 5.74) is 2.39. The molecule has 29 heavy (non-hydrogen) atoms. The third kappa shape index (κ3) is 5.03. The fourth-order valence-electron chi connectivity index (χ4n) is 3.28. The van der Waals surface area contributed by atoms with Gasteiger partial charge in [0.05, 0.1) is 10.1 Å². The Morgan fingerprint density at radius 2 is 1.79 bits per heavy atom. The smallest absolute Gasteiger partial charge is 0.251 e. The van der Waals surface area contributed by atoms with Crippen LogP contribution >= 0.6 is 0 Å². The van der Waals surface area contributed by atoms with E-state index in [2.05, 4.69) is 5.32 Å². The Morgan fingerprint density at radius 1 is 1.10 bits per heavy atom. The fraction of sp³-hybridized carbons (Fsp3) is 0.364. The maximum absolute atomic E-state index is 12.4. The van der Waals surface area contributed by atoms with Crippen LogP contribution in [0, 0.1) is 0 Å². The van der Waals surface area contributed by atoms with Gasteiger partial charge in [-0.15, -0.1) is 0 Å². The molecule has 1 fully saturated rings. The third-order valence-electron chi connectivity index (χ3n) is 5.05. The number of amides is 2. The van der Waals surface area contributed by atoms with Crippen LogP contribution in [0.1, 0.15) is 48.2 Å². The SMILES string of the molecule is CC(C)S(=O)(=O)c1ccc(C(=O)NCc2cccc(CN3CCCC3=O)c2)cc1. The zero-order chi connectivity index (χ0) is 21.0. The molecule has 7 heteroatoms. The molecule has 154 valence electrons. The van der Waals surface area contributed by atoms with Crippen LogP contribution in [0.4, 0.5) is 0 Å². The quantitative estimate of drug-likeness (QED) is 0.755. The molecule has 0 spiro atoms. The second kappa shape index (κ2) is 8.78. The summed E-state index contributed by atoms with van der Waals surface area (Å²) in [7, 11) is -3.35. The minimum absolute atomic E-state index is 0.187. The van der Waals surface area contributed by atoms with Crippen molar-refractivity contribution in [2.75, 3.05) is 6.54 Å². The van der Waals surface area contributed by atoms with Gasteiger partial charge in [-0.1, -0.05) is 24.3 Å². The van der Waals surface area contributed by atoms with Crippen molar-refractivity contribution in [2.24, 2.45) is 0 Å². The predicted octanol–water partition coefficient (Wildman–Crippen LogP) is 2.92. The number of nitrogens with one attached hydrogen (secondary N) is 1. The van der Waals surface area contributed by atoms with E-state index in [1.807, 2.05) is 29.2 Å². The topological polar surface area (TPSA) is 83.6 Å². The van der Waals surface area contributed by atoms with Gasteiger partial charge in [-0.05, 0) is 55.7 Å². The van der Waals surface area contributed by atoms with Gasteiger partial charge in [0, 0.05) is 31.6 Å². The van der Waals surface area contributed by atoms with Crippen LogP contribution in [-0.2, 0) is 27.7 Å². The molecule has 3 rings (SSSR count).